The lowest BCUT2D eigenvalue weighted by molar-refractivity contribution is 0.515. The molecule has 2 N–H and O–H groups in total. The van der Waals surface area contributed by atoms with Gasteiger partial charge in [0.2, 0.25) is 0 Å². The molecule has 0 saturated heterocycles. The van der Waals surface area contributed by atoms with Gasteiger partial charge in [0.05, 0.1) is 5.69 Å². The summed E-state index contributed by atoms with van der Waals surface area (Å²) in [6.07, 6.45) is 0.921. The third kappa shape index (κ3) is 2.15. The van der Waals surface area contributed by atoms with Gasteiger partial charge in [-0.2, -0.15) is 5.10 Å². The average molecular weight is 195 g/mol. The Labute approximate surface area is 86.3 Å². The summed E-state index contributed by atoms with van der Waals surface area (Å²) in [7, 11) is 0. The maximum absolute atomic E-state index is 5.81. The summed E-state index contributed by atoms with van der Waals surface area (Å²) in [6, 6.07) is 0.632. The molecule has 0 saturated carbocycles. The zero-order valence-electron chi connectivity index (χ0n) is 9.83. The standard InChI is InChI=1S/C11H21N3/c1-7(2)14-10(5)11(6-8(3)12)9(4)13-14/h7-8H,6,12H2,1-5H3/t8-/m1/s1. The molecule has 0 radical (unpaired) electrons. The highest BCUT2D eigenvalue weighted by molar-refractivity contribution is 5.25. The second-order valence-corrected chi connectivity index (χ2v) is 4.37. The fourth-order valence-electron chi connectivity index (χ4n) is 1.82. The second-order valence-electron chi connectivity index (χ2n) is 4.37. The van der Waals surface area contributed by atoms with Crippen molar-refractivity contribution < 1.29 is 0 Å². The molecular weight excluding hydrogens is 174 g/mol. The fourth-order valence-corrected chi connectivity index (χ4v) is 1.82. The molecule has 0 aliphatic heterocycles. The van der Waals surface area contributed by atoms with Crippen molar-refractivity contribution in [2.75, 3.05) is 0 Å². The van der Waals surface area contributed by atoms with Gasteiger partial charge in [-0.15, -0.1) is 0 Å². The van der Waals surface area contributed by atoms with Crippen LogP contribution in [0, 0.1) is 13.8 Å². The van der Waals surface area contributed by atoms with E-state index in [1.54, 1.807) is 0 Å². The molecular formula is C11H21N3. The molecule has 0 bridgehead atoms. The van der Waals surface area contributed by atoms with E-state index in [2.05, 4.69) is 37.5 Å². The van der Waals surface area contributed by atoms with Crippen molar-refractivity contribution in [1.82, 2.24) is 9.78 Å². The highest BCUT2D eigenvalue weighted by Crippen LogP contribution is 2.18. The molecule has 0 aliphatic rings. The number of rotatable bonds is 3. The van der Waals surface area contributed by atoms with E-state index in [1.807, 2.05) is 6.92 Å². The Morgan fingerprint density at radius 2 is 1.86 bits per heavy atom. The first-order valence-electron chi connectivity index (χ1n) is 5.23. The van der Waals surface area contributed by atoms with Gasteiger partial charge in [-0.3, -0.25) is 4.68 Å². The molecule has 1 heterocycles. The van der Waals surface area contributed by atoms with Gasteiger partial charge < -0.3 is 5.73 Å². The number of aromatic nitrogens is 2. The monoisotopic (exact) mass is 195 g/mol. The number of nitrogens with two attached hydrogens (primary N) is 1. The van der Waals surface area contributed by atoms with Gasteiger partial charge >= 0.3 is 0 Å². The Balaban J connectivity index is 3.05. The first-order chi connectivity index (χ1) is 6.43. The van der Waals surface area contributed by atoms with Crippen molar-refractivity contribution >= 4 is 0 Å². The van der Waals surface area contributed by atoms with E-state index in [1.165, 1.54) is 11.3 Å². The first-order valence-corrected chi connectivity index (χ1v) is 5.23. The summed E-state index contributed by atoms with van der Waals surface area (Å²) in [4.78, 5) is 0. The topological polar surface area (TPSA) is 43.8 Å². The van der Waals surface area contributed by atoms with Crippen LogP contribution in [0.1, 0.15) is 43.8 Å². The maximum atomic E-state index is 5.81. The average Bonchev–Trinajstić information content (AvgIpc) is 2.31. The minimum Gasteiger partial charge on any atom is -0.328 e. The molecule has 1 atom stereocenters. The Morgan fingerprint density at radius 3 is 2.21 bits per heavy atom. The lowest BCUT2D eigenvalue weighted by atomic mass is 10.1. The van der Waals surface area contributed by atoms with Crippen LogP contribution in [0.25, 0.3) is 0 Å². The predicted octanol–water partition coefficient (Wildman–Crippen LogP) is 1.97. The molecule has 0 aromatic carbocycles. The zero-order valence-corrected chi connectivity index (χ0v) is 9.83. The van der Waals surface area contributed by atoms with Crippen LogP contribution in [0.4, 0.5) is 0 Å². The van der Waals surface area contributed by atoms with E-state index in [0.29, 0.717) is 6.04 Å². The Kier molecular flexibility index (Phi) is 3.32. The Morgan fingerprint density at radius 1 is 1.29 bits per heavy atom. The van der Waals surface area contributed by atoms with E-state index < -0.39 is 0 Å². The predicted molar refractivity (Wildman–Crippen MR) is 59.4 cm³/mol. The number of nitrogens with zero attached hydrogens (tertiary/aromatic N) is 2. The van der Waals surface area contributed by atoms with Crippen LogP contribution < -0.4 is 5.73 Å². The van der Waals surface area contributed by atoms with Gasteiger partial charge in [0.15, 0.2) is 0 Å². The van der Waals surface area contributed by atoms with Gasteiger partial charge in [0.25, 0.3) is 0 Å². The minimum atomic E-state index is 0.206. The molecule has 0 spiro atoms. The van der Waals surface area contributed by atoms with Crippen LogP contribution in [0.15, 0.2) is 0 Å². The molecule has 0 fully saturated rings. The largest absolute Gasteiger partial charge is 0.328 e. The van der Waals surface area contributed by atoms with Gasteiger partial charge in [-0.05, 0) is 46.6 Å². The molecule has 1 rings (SSSR count). The van der Waals surface area contributed by atoms with Gasteiger partial charge in [-0.25, -0.2) is 0 Å². The zero-order chi connectivity index (χ0) is 10.9. The molecule has 3 heteroatoms. The second kappa shape index (κ2) is 4.13. The fraction of sp³-hybridized carbons (Fsp3) is 0.727. The van der Waals surface area contributed by atoms with Crippen LogP contribution in [0.3, 0.4) is 0 Å². The van der Waals surface area contributed by atoms with Crippen molar-refractivity contribution in [2.45, 2.75) is 53.1 Å². The van der Waals surface area contributed by atoms with Crippen molar-refractivity contribution in [3.8, 4) is 0 Å². The van der Waals surface area contributed by atoms with Gasteiger partial charge in [0.1, 0.15) is 0 Å². The van der Waals surface area contributed by atoms with Crippen LogP contribution >= 0.6 is 0 Å². The quantitative estimate of drug-likeness (QED) is 0.801. The van der Waals surface area contributed by atoms with Crippen molar-refractivity contribution in [1.29, 1.82) is 0 Å². The van der Waals surface area contributed by atoms with Crippen molar-refractivity contribution in [3.05, 3.63) is 17.0 Å². The smallest absolute Gasteiger partial charge is 0.0629 e. The number of hydrogen-bond acceptors (Lipinski definition) is 2. The third-order valence-electron chi connectivity index (χ3n) is 2.49. The van der Waals surface area contributed by atoms with E-state index in [4.69, 9.17) is 5.73 Å². The first kappa shape index (κ1) is 11.2. The van der Waals surface area contributed by atoms with Crippen molar-refractivity contribution in [2.24, 2.45) is 5.73 Å². The van der Waals surface area contributed by atoms with Crippen LogP contribution in [-0.4, -0.2) is 15.8 Å². The Hall–Kier alpha value is -0.830. The van der Waals surface area contributed by atoms with Crippen molar-refractivity contribution in [3.63, 3.8) is 0 Å². The van der Waals surface area contributed by atoms with Gasteiger partial charge in [0, 0.05) is 17.8 Å². The lowest BCUT2D eigenvalue weighted by Gasteiger charge is -2.09. The summed E-state index contributed by atoms with van der Waals surface area (Å²) in [5, 5.41) is 4.52. The van der Waals surface area contributed by atoms with Gasteiger partial charge in [-0.1, -0.05) is 0 Å². The summed E-state index contributed by atoms with van der Waals surface area (Å²) >= 11 is 0. The molecule has 1 aromatic rings. The SMILES string of the molecule is Cc1nn(C(C)C)c(C)c1C[C@@H](C)N. The Bertz CT molecular complexity index is 311. The van der Waals surface area contributed by atoms with E-state index >= 15 is 0 Å². The minimum absolute atomic E-state index is 0.206. The number of aryl methyl sites for hydroxylation is 1. The molecule has 14 heavy (non-hydrogen) atoms. The molecule has 80 valence electrons. The summed E-state index contributed by atoms with van der Waals surface area (Å²) in [5.41, 5.74) is 9.50. The lowest BCUT2D eigenvalue weighted by Crippen LogP contribution is -2.18. The number of hydrogen-bond donors (Lipinski definition) is 1. The molecule has 3 nitrogen and oxygen atoms in total. The van der Waals surface area contributed by atoms with Crippen LogP contribution in [0.5, 0.6) is 0 Å². The molecule has 1 aromatic heterocycles. The third-order valence-corrected chi connectivity index (χ3v) is 2.49. The normalized spacial score (nSPS) is 13.6. The highest BCUT2D eigenvalue weighted by Gasteiger charge is 2.13. The van der Waals surface area contributed by atoms with E-state index in [0.717, 1.165) is 12.1 Å². The molecule has 0 amide bonds. The van der Waals surface area contributed by atoms with E-state index in [9.17, 15) is 0 Å². The van der Waals surface area contributed by atoms with Crippen LogP contribution in [0.2, 0.25) is 0 Å². The summed E-state index contributed by atoms with van der Waals surface area (Å²) < 4.78 is 2.08. The maximum Gasteiger partial charge on any atom is 0.0629 e. The van der Waals surface area contributed by atoms with Crippen LogP contribution in [-0.2, 0) is 6.42 Å². The van der Waals surface area contributed by atoms with E-state index in [-0.39, 0.29) is 6.04 Å². The summed E-state index contributed by atoms with van der Waals surface area (Å²) in [6.45, 7) is 10.5. The molecule has 0 aliphatic carbocycles. The highest BCUT2D eigenvalue weighted by atomic mass is 15.3. The molecule has 0 unspecified atom stereocenters. The summed E-state index contributed by atoms with van der Waals surface area (Å²) in [5.74, 6) is 0.